The molecule has 0 aromatic rings. The zero-order valence-electron chi connectivity index (χ0n) is 8.78. The molecule has 0 aliphatic heterocycles. The maximum Gasteiger partial charge on any atom is 0.378 e. The maximum absolute atomic E-state index is 11.0. The molecule has 84 valence electrons. The van der Waals surface area contributed by atoms with Crippen molar-refractivity contribution in [3.63, 3.8) is 0 Å². The Morgan fingerprint density at radius 3 is 2.47 bits per heavy atom. The van der Waals surface area contributed by atoms with Gasteiger partial charge in [-0.3, -0.25) is 0 Å². The molecule has 0 radical (unpaired) electrons. The van der Waals surface area contributed by atoms with Gasteiger partial charge in [-0.2, -0.15) is 0 Å². The Bertz CT molecular complexity index is 290. The van der Waals surface area contributed by atoms with E-state index >= 15 is 0 Å². The summed E-state index contributed by atoms with van der Waals surface area (Å²) >= 11 is 0. The van der Waals surface area contributed by atoms with Crippen LogP contribution in [0.15, 0.2) is 24.2 Å². The van der Waals surface area contributed by atoms with E-state index in [9.17, 15) is 9.59 Å². The summed E-state index contributed by atoms with van der Waals surface area (Å²) in [5.41, 5.74) is 0. The number of rotatable bonds is 5. The molecule has 0 saturated carbocycles. The van der Waals surface area contributed by atoms with Crippen molar-refractivity contribution in [3.8, 4) is 0 Å². The number of allylic oxidation sites excluding steroid dienone is 1. The average Bonchev–Trinajstić information content (AvgIpc) is 2.24. The molecule has 0 spiro atoms. The summed E-state index contributed by atoms with van der Waals surface area (Å²) in [5, 5.41) is 8.93. The number of hydrogen-bond acceptors (Lipinski definition) is 5. The van der Waals surface area contributed by atoms with Crippen molar-refractivity contribution in [3.05, 3.63) is 24.2 Å². The Balaban J connectivity index is 4.14. The van der Waals surface area contributed by atoms with Crippen LogP contribution in [-0.2, 0) is 19.1 Å². The second kappa shape index (κ2) is 6.64. The van der Waals surface area contributed by atoms with Crippen molar-refractivity contribution < 1.29 is 24.2 Å². The number of hydrogen-bond donors (Lipinski definition) is 1. The lowest BCUT2D eigenvalue weighted by atomic mass is 10.4. The summed E-state index contributed by atoms with van der Waals surface area (Å²) in [7, 11) is 0. The van der Waals surface area contributed by atoms with E-state index < -0.39 is 23.5 Å². The second-order valence-corrected chi connectivity index (χ2v) is 2.62. The number of esters is 2. The van der Waals surface area contributed by atoms with Crippen molar-refractivity contribution in [2.75, 3.05) is 6.61 Å². The van der Waals surface area contributed by atoms with Crippen LogP contribution in [0.5, 0.6) is 0 Å². The molecule has 0 amide bonds. The first-order chi connectivity index (χ1) is 7.02. The third-order valence-electron chi connectivity index (χ3n) is 1.36. The fourth-order valence-corrected chi connectivity index (χ4v) is 0.599. The molecule has 15 heavy (non-hydrogen) atoms. The topological polar surface area (TPSA) is 72.8 Å². The summed E-state index contributed by atoms with van der Waals surface area (Å²) in [4.78, 5) is 22.0. The minimum atomic E-state index is -1.03. The van der Waals surface area contributed by atoms with Crippen LogP contribution in [0.2, 0.25) is 0 Å². The monoisotopic (exact) mass is 214 g/mol. The summed E-state index contributed by atoms with van der Waals surface area (Å²) < 4.78 is 9.09. The molecule has 0 bridgehead atoms. The van der Waals surface area contributed by atoms with Gasteiger partial charge in [-0.1, -0.05) is 6.92 Å². The van der Waals surface area contributed by atoms with Crippen molar-refractivity contribution in [2.45, 2.75) is 20.3 Å². The number of aliphatic hydroxyl groups is 1. The van der Waals surface area contributed by atoms with Crippen molar-refractivity contribution in [1.82, 2.24) is 0 Å². The van der Waals surface area contributed by atoms with Gasteiger partial charge >= 0.3 is 11.9 Å². The Hall–Kier alpha value is -1.78. The van der Waals surface area contributed by atoms with Gasteiger partial charge < -0.3 is 14.6 Å². The average molecular weight is 214 g/mol. The highest BCUT2D eigenvalue weighted by atomic mass is 16.6. The highest BCUT2D eigenvalue weighted by Gasteiger charge is 2.16. The molecule has 0 aliphatic rings. The Morgan fingerprint density at radius 2 is 2.00 bits per heavy atom. The Kier molecular flexibility index (Phi) is 5.85. The Labute approximate surface area is 88.0 Å². The molecule has 5 nitrogen and oxygen atoms in total. The van der Waals surface area contributed by atoms with E-state index in [-0.39, 0.29) is 6.61 Å². The lowest BCUT2D eigenvalue weighted by Gasteiger charge is -2.06. The quantitative estimate of drug-likeness (QED) is 0.426. The number of carbonyl (C=O) groups is 2. The molecule has 0 aliphatic carbocycles. The number of ether oxygens (including phenoxy) is 2. The van der Waals surface area contributed by atoms with Crippen LogP contribution in [0, 0.1) is 0 Å². The molecular weight excluding hydrogens is 200 g/mol. The summed E-state index contributed by atoms with van der Waals surface area (Å²) in [6.07, 6.45) is 1.81. The van der Waals surface area contributed by atoms with Crippen LogP contribution in [0.4, 0.5) is 0 Å². The van der Waals surface area contributed by atoms with Crippen molar-refractivity contribution in [2.24, 2.45) is 0 Å². The third-order valence-corrected chi connectivity index (χ3v) is 1.36. The van der Waals surface area contributed by atoms with Gasteiger partial charge in [0, 0.05) is 0 Å². The van der Waals surface area contributed by atoms with E-state index in [1.165, 1.54) is 6.92 Å². The van der Waals surface area contributed by atoms with E-state index in [4.69, 9.17) is 5.11 Å². The molecule has 0 unspecified atom stereocenters. The van der Waals surface area contributed by atoms with Crippen molar-refractivity contribution >= 4 is 11.9 Å². The molecule has 5 heteroatoms. The first-order valence-corrected chi connectivity index (χ1v) is 4.46. The molecule has 0 heterocycles. The van der Waals surface area contributed by atoms with Gasteiger partial charge in [0.2, 0.25) is 5.76 Å². The SMILES string of the molecule is C=C(OC(=O)C(O)=CC)C(=O)OCCC. The molecule has 0 aromatic carbocycles. The van der Waals surface area contributed by atoms with Crippen LogP contribution in [0.1, 0.15) is 20.3 Å². The molecule has 0 atom stereocenters. The van der Waals surface area contributed by atoms with Crippen LogP contribution in [0.3, 0.4) is 0 Å². The van der Waals surface area contributed by atoms with E-state index in [0.29, 0.717) is 6.42 Å². The molecule has 0 aromatic heterocycles. The normalized spacial score (nSPS) is 10.7. The summed E-state index contributed by atoms with van der Waals surface area (Å²) in [6.45, 7) is 6.72. The van der Waals surface area contributed by atoms with Gasteiger partial charge in [0.15, 0.2) is 5.76 Å². The lowest BCUT2D eigenvalue weighted by Crippen LogP contribution is -2.15. The highest BCUT2D eigenvalue weighted by Crippen LogP contribution is 2.02. The first-order valence-electron chi connectivity index (χ1n) is 4.46. The van der Waals surface area contributed by atoms with Gasteiger partial charge in [0.25, 0.3) is 0 Å². The summed E-state index contributed by atoms with van der Waals surface area (Å²) in [6, 6.07) is 0. The van der Waals surface area contributed by atoms with Crippen LogP contribution in [0.25, 0.3) is 0 Å². The third kappa shape index (κ3) is 4.85. The van der Waals surface area contributed by atoms with E-state index in [0.717, 1.165) is 6.08 Å². The van der Waals surface area contributed by atoms with Crippen LogP contribution < -0.4 is 0 Å². The smallest absolute Gasteiger partial charge is 0.378 e. The number of carbonyl (C=O) groups excluding carboxylic acids is 2. The molecular formula is C10H14O5. The zero-order valence-corrected chi connectivity index (χ0v) is 8.78. The maximum atomic E-state index is 11.0. The van der Waals surface area contributed by atoms with Crippen molar-refractivity contribution in [1.29, 1.82) is 0 Å². The molecule has 0 fully saturated rings. The summed E-state index contributed by atoms with van der Waals surface area (Å²) in [5.74, 6) is -2.87. The van der Waals surface area contributed by atoms with E-state index in [1.54, 1.807) is 0 Å². The largest absolute Gasteiger partial charge is 0.502 e. The zero-order chi connectivity index (χ0) is 11.8. The molecule has 0 saturated heterocycles. The van der Waals surface area contributed by atoms with Gasteiger partial charge in [-0.15, -0.1) is 0 Å². The predicted molar refractivity (Wildman–Crippen MR) is 52.9 cm³/mol. The Morgan fingerprint density at radius 1 is 1.40 bits per heavy atom. The van der Waals surface area contributed by atoms with Gasteiger partial charge in [-0.05, 0) is 26.0 Å². The fourth-order valence-electron chi connectivity index (χ4n) is 0.599. The van der Waals surface area contributed by atoms with E-state index in [1.807, 2.05) is 6.92 Å². The first kappa shape index (κ1) is 13.2. The fraction of sp³-hybridized carbons (Fsp3) is 0.400. The lowest BCUT2D eigenvalue weighted by molar-refractivity contribution is -0.150. The standard InChI is InChI=1S/C10H14O5/c1-4-6-14-9(12)7(3)15-10(13)8(11)5-2/h5,11H,3-4,6H2,1-2H3. The highest BCUT2D eigenvalue weighted by molar-refractivity contribution is 5.93. The van der Waals surface area contributed by atoms with E-state index in [2.05, 4.69) is 16.1 Å². The van der Waals surface area contributed by atoms with Crippen LogP contribution in [-0.4, -0.2) is 23.7 Å². The van der Waals surface area contributed by atoms with Gasteiger partial charge in [0.1, 0.15) is 0 Å². The van der Waals surface area contributed by atoms with Crippen LogP contribution >= 0.6 is 0 Å². The predicted octanol–water partition coefficient (Wildman–Crippen LogP) is 1.46. The van der Waals surface area contributed by atoms with Gasteiger partial charge in [-0.25, -0.2) is 9.59 Å². The second-order valence-electron chi connectivity index (χ2n) is 2.62. The minimum Gasteiger partial charge on any atom is -0.502 e. The van der Waals surface area contributed by atoms with Gasteiger partial charge in [0.05, 0.1) is 6.61 Å². The molecule has 0 rings (SSSR count). The molecule has 1 N–H and O–H groups in total. The number of aliphatic hydroxyl groups excluding tert-OH is 1. The minimum absolute atomic E-state index is 0.227.